The molecule has 2 heteroatoms. The number of aryl methyl sites for hydroxylation is 1. The van der Waals surface area contributed by atoms with Crippen LogP contribution in [0.3, 0.4) is 0 Å². The molecule has 18 heavy (non-hydrogen) atoms. The van der Waals surface area contributed by atoms with Crippen molar-refractivity contribution in [3.05, 3.63) is 59.7 Å². The van der Waals surface area contributed by atoms with Gasteiger partial charge in [-0.05, 0) is 31.0 Å². The van der Waals surface area contributed by atoms with Crippen molar-refractivity contribution in [2.45, 2.75) is 19.4 Å². The minimum Gasteiger partial charge on any atom is -0.381 e. The third kappa shape index (κ3) is 1.74. The largest absolute Gasteiger partial charge is 0.381 e. The highest BCUT2D eigenvalue weighted by atomic mass is 15.1. The van der Waals surface area contributed by atoms with Crippen LogP contribution in [0.25, 0.3) is 0 Å². The second kappa shape index (κ2) is 4.05. The monoisotopic (exact) mass is 238 g/mol. The second-order valence-corrected chi connectivity index (χ2v) is 5.17. The first-order valence-electron chi connectivity index (χ1n) is 6.36. The van der Waals surface area contributed by atoms with E-state index >= 15 is 0 Å². The van der Waals surface area contributed by atoms with Gasteiger partial charge in [0.15, 0.2) is 0 Å². The van der Waals surface area contributed by atoms with Crippen LogP contribution in [0.1, 0.15) is 18.1 Å². The number of hydrogen-bond donors (Lipinski definition) is 2. The summed E-state index contributed by atoms with van der Waals surface area (Å²) in [6.45, 7) is 5.28. The summed E-state index contributed by atoms with van der Waals surface area (Å²) in [6, 6.07) is 17.0. The van der Waals surface area contributed by atoms with Gasteiger partial charge in [0.05, 0.1) is 16.9 Å². The molecule has 0 amide bonds. The third-order valence-electron chi connectivity index (χ3n) is 3.72. The van der Waals surface area contributed by atoms with Crippen molar-refractivity contribution in [3.8, 4) is 0 Å². The van der Waals surface area contributed by atoms with E-state index in [-0.39, 0.29) is 5.54 Å². The highest BCUT2D eigenvalue weighted by molar-refractivity contribution is 5.75. The molecule has 92 valence electrons. The Morgan fingerprint density at radius 2 is 1.78 bits per heavy atom. The van der Waals surface area contributed by atoms with E-state index in [4.69, 9.17) is 0 Å². The highest BCUT2D eigenvalue weighted by Crippen LogP contribution is 2.37. The van der Waals surface area contributed by atoms with E-state index in [0.29, 0.717) is 0 Å². The summed E-state index contributed by atoms with van der Waals surface area (Å²) in [6.07, 6.45) is 0. The summed E-state index contributed by atoms with van der Waals surface area (Å²) >= 11 is 0. The molecule has 2 aromatic carbocycles. The third-order valence-corrected chi connectivity index (χ3v) is 3.72. The van der Waals surface area contributed by atoms with Crippen molar-refractivity contribution in [2.24, 2.45) is 0 Å². The summed E-state index contributed by atoms with van der Waals surface area (Å²) in [7, 11) is 0. The zero-order chi connectivity index (χ0) is 12.6. The minimum absolute atomic E-state index is 0.0552. The molecule has 0 saturated carbocycles. The number of fused-ring (bicyclic) bond motifs is 1. The normalized spacial score (nSPS) is 21.7. The van der Waals surface area contributed by atoms with Crippen molar-refractivity contribution in [1.82, 2.24) is 0 Å². The van der Waals surface area contributed by atoms with Crippen LogP contribution in [0.5, 0.6) is 0 Å². The molecule has 1 unspecified atom stereocenters. The van der Waals surface area contributed by atoms with Crippen LogP contribution in [0.2, 0.25) is 0 Å². The lowest BCUT2D eigenvalue weighted by molar-refractivity contribution is 0.565. The molecule has 3 rings (SSSR count). The molecule has 0 saturated heterocycles. The first-order chi connectivity index (χ1) is 8.69. The molecule has 0 aliphatic carbocycles. The minimum atomic E-state index is -0.0552. The molecule has 1 aliphatic rings. The Balaban J connectivity index is 2.02. The van der Waals surface area contributed by atoms with E-state index in [2.05, 4.69) is 73.0 Å². The molecular formula is C16H18N2. The van der Waals surface area contributed by atoms with Crippen molar-refractivity contribution in [2.75, 3.05) is 17.2 Å². The predicted octanol–water partition coefficient (Wildman–Crippen LogP) is 3.75. The first kappa shape index (κ1) is 11.1. The summed E-state index contributed by atoms with van der Waals surface area (Å²) in [5.41, 5.74) is 4.95. The van der Waals surface area contributed by atoms with E-state index in [0.717, 1.165) is 6.54 Å². The molecule has 1 atom stereocenters. The van der Waals surface area contributed by atoms with Crippen LogP contribution >= 0.6 is 0 Å². The Kier molecular flexibility index (Phi) is 2.51. The molecule has 0 aromatic heterocycles. The lowest BCUT2D eigenvalue weighted by Gasteiger charge is -2.39. The lowest BCUT2D eigenvalue weighted by Crippen LogP contribution is -2.42. The van der Waals surface area contributed by atoms with Gasteiger partial charge in [0.1, 0.15) is 0 Å². The van der Waals surface area contributed by atoms with Crippen LogP contribution < -0.4 is 10.6 Å². The van der Waals surface area contributed by atoms with Gasteiger partial charge in [-0.15, -0.1) is 0 Å². The van der Waals surface area contributed by atoms with Gasteiger partial charge in [0, 0.05) is 6.54 Å². The van der Waals surface area contributed by atoms with Crippen LogP contribution in [-0.4, -0.2) is 6.54 Å². The van der Waals surface area contributed by atoms with Crippen molar-refractivity contribution in [3.63, 3.8) is 0 Å². The number of benzene rings is 2. The van der Waals surface area contributed by atoms with E-state index < -0.39 is 0 Å². The van der Waals surface area contributed by atoms with Gasteiger partial charge in [0.25, 0.3) is 0 Å². The summed E-state index contributed by atoms with van der Waals surface area (Å²) in [4.78, 5) is 0. The van der Waals surface area contributed by atoms with E-state index in [9.17, 15) is 0 Å². The van der Waals surface area contributed by atoms with Crippen molar-refractivity contribution >= 4 is 11.4 Å². The average Bonchev–Trinajstić information content (AvgIpc) is 2.41. The average molecular weight is 238 g/mol. The van der Waals surface area contributed by atoms with E-state index in [1.165, 1.54) is 22.5 Å². The number of rotatable bonds is 1. The molecule has 2 N–H and O–H groups in total. The van der Waals surface area contributed by atoms with Gasteiger partial charge in [0.2, 0.25) is 0 Å². The molecule has 1 heterocycles. The topological polar surface area (TPSA) is 24.1 Å². The van der Waals surface area contributed by atoms with Crippen LogP contribution in [-0.2, 0) is 5.54 Å². The Labute approximate surface area is 108 Å². The number of anilines is 2. The van der Waals surface area contributed by atoms with Crippen molar-refractivity contribution < 1.29 is 0 Å². The maximum atomic E-state index is 3.70. The molecule has 0 bridgehead atoms. The maximum Gasteiger partial charge on any atom is 0.0770 e. The van der Waals surface area contributed by atoms with Gasteiger partial charge in [-0.3, -0.25) is 0 Å². The zero-order valence-electron chi connectivity index (χ0n) is 10.8. The smallest absolute Gasteiger partial charge is 0.0770 e. The fourth-order valence-corrected chi connectivity index (χ4v) is 2.55. The maximum absolute atomic E-state index is 3.70. The highest BCUT2D eigenvalue weighted by Gasteiger charge is 2.31. The molecular weight excluding hydrogens is 220 g/mol. The summed E-state index contributed by atoms with van der Waals surface area (Å²) < 4.78 is 0. The Hall–Kier alpha value is -1.96. The Morgan fingerprint density at radius 1 is 1.00 bits per heavy atom. The van der Waals surface area contributed by atoms with Gasteiger partial charge in [-0.2, -0.15) is 0 Å². The molecule has 0 fully saturated rings. The molecule has 0 radical (unpaired) electrons. The predicted molar refractivity (Wildman–Crippen MR) is 77.1 cm³/mol. The number of nitrogens with one attached hydrogen (secondary N) is 2. The zero-order valence-corrected chi connectivity index (χ0v) is 10.8. The quantitative estimate of drug-likeness (QED) is 0.790. The lowest BCUT2D eigenvalue weighted by atomic mass is 9.89. The SMILES string of the molecule is Cc1cccc2c1NC(C)(c1ccccc1)CN2. The number of hydrogen-bond acceptors (Lipinski definition) is 2. The van der Waals surface area contributed by atoms with E-state index in [1.807, 2.05) is 0 Å². The Bertz CT molecular complexity index is 563. The standard InChI is InChI=1S/C16H18N2/c1-12-7-6-10-14-15(12)18-16(2,11-17-14)13-8-4-3-5-9-13/h3-10,17-18H,11H2,1-2H3. The summed E-state index contributed by atoms with van der Waals surface area (Å²) in [5.74, 6) is 0. The van der Waals surface area contributed by atoms with Crippen molar-refractivity contribution in [1.29, 1.82) is 0 Å². The van der Waals surface area contributed by atoms with Crippen LogP contribution in [0, 0.1) is 6.92 Å². The van der Waals surface area contributed by atoms with Gasteiger partial charge in [-0.1, -0.05) is 42.5 Å². The second-order valence-electron chi connectivity index (χ2n) is 5.17. The first-order valence-corrected chi connectivity index (χ1v) is 6.36. The van der Waals surface area contributed by atoms with Crippen LogP contribution in [0.4, 0.5) is 11.4 Å². The van der Waals surface area contributed by atoms with Gasteiger partial charge in [-0.25, -0.2) is 0 Å². The number of para-hydroxylation sites is 1. The molecule has 0 spiro atoms. The van der Waals surface area contributed by atoms with E-state index in [1.54, 1.807) is 0 Å². The fraction of sp³-hybridized carbons (Fsp3) is 0.250. The fourth-order valence-electron chi connectivity index (χ4n) is 2.55. The Morgan fingerprint density at radius 3 is 2.56 bits per heavy atom. The summed E-state index contributed by atoms with van der Waals surface area (Å²) in [5, 5.41) is 7.23. The molecule has 2 nitrogen and oxygen atoms in total. The molecule has 2 aromatic rings. The molecule has 1 aliphatic heterocycles. The van der Waals surface area contributed by atoms with Gasteiger partial charge < -0.3 is 10.6 Å². The van der Waals surface area contributed by atoms with Crippen LogP contribution in [0.15, 0.2) is 48.5 Å². The van der Waals surface area contributed by atoms with Gasteiger partial charge >= 0.3 is 0 Å².